The molecule has 0 aromatic rings. The summed E-state index contributed by atoms with van der Waals surface area (Å²) in [6, 6.07) is -1.49. The van der Waals surface area contributed by atoms with E-state index in [-0.39, 0.29) is 12.6 Å². The molecule has 0 saturated carbocycles. The van der Waals surface area contributed by atoms with Crippen LogP contribution in [0.15, 0.2) is 0 Å². The van der Waals surface area contributed by atoms with Crippen LogP contribution in [0.25, 0.3) is 0 Å². The lowest BCUT2D eigenvalue weighted by Gasteiger charge is -2.26. The van der Waals surface area contributed by atoms with Gasteiger partial charge in [-0.1, -0.05) is 0 Å². The first-order valence-electron chi connectivity index (χ1n) is 8.95. The van der Waals surface area contributed by atoms with Gasteiger partial charge in [-0.05, 0) is 0 Å². The van der Waals surface area contributed by atoms with E-state index in [1.807, 2.05) is 5.32 Å². The summed E-state index contributed by atoms with van der Waals surface area (Å²) >= 11 is 0. The first kappa shape index (κ1) is 35.4. The number of hydrogen-bond donors (Lipinski definition) is 10. The smallest absolute Gasteiger partial charge is 0.394 e. The quantitative estimate of drug-likeness (QED) is 0.0655. The topological polar surface area (TPSA) is 332 Å². The van der Waals surface area contributed by atoms with Crippen LogP contribution in [0.5, 0.6) is 0 Å². The number of rotatable bonds is 15. The lowest BCUT2D eigenvalue weighted by Crippen LogP contribution is -2.53. The number of carbonyl (C=O) groups is 3. The Morgan fingerprint density at radius 3 is 1.71 bits per heavy atom. The Labute approximate surface area is 198 Å². The van der Waals surface area contributed by atoms with Crippen LogP contribution in [0.1, 0.15) is 6.92 Å². The average molecular weight is 561 g/mol. The molecule has 0 aliphatic rings. The zero-order chi connectivity index (χ0) is 28.1. The molecule has 0 bridgehead atoms. The Morgan fingerprint density at radius 2 is 1.37 bits per heavy atom. The fourth-order valence-electron chi connectivity index (χ4n) is 1.99. The molecule has 35 heavy (non-hydrogen) atoms. The molecule has 0 rings (SSSR count). The van der Waals surface area contributed by atoms with Gasteiger partial charge >= 0.3 is 20.8 Å². The Kier molecular flexibility index (Phi) is 16.3. The van der Waals surface area contributed by atoms with Crippen molar-refractivity contribution in [3.05, 3.63) is 0 Å². The van der Waals surface area contributed by atoms with Crippen molar-refractivity contribution in [1.29, 1.82) is 0 Å². The fourth-order valence-corrected chi connectivity index (χ4v) is 2.81. The van der Waals surface area contributed by atoms with Crippen molar-refractivity contribution in [3.63, 3.8) is 0 Å². The fraction of sp³-hybridized carbons (Fsp3) is 0.786. The number of aldehydes is 2. The molecule has 0 radical (unpaired) electrons. The summed E-state index contributed by atoms with van der Waals surface area (Å²) in [4.78, 5) is 31.5. The molecule has 0 fully saturated rings. The van der Waals surface area contributed by atoms with Crippen molar-refractivity contribution in [2.75, 3.05) is 13.2 Å². The highest BCUT2D eigenvalue weighted by atomic mass is 32.3. The van der Waals surface area contributed by atoms with Gasteiger partial charge in [0.2, 0.25) is 5.91 Å². The van der Waals surface area contributed by atoms with Gasteiger partial charge in [-0.15, -0.1) is 0 Å². The molecule has 21 heteroatoms. The van der Waals surface area contributed by atoms with Gasteiger partial charge in [0, 0.05) is 6.92 Å². The summed E-state index contributed by atoms with van der Waals surface area (Å²) in [6.45, 7) is -0.936. The van der Waals surface area contributed by atoms with E-state index in [4.69, 9.17) is 24.4 Å². The Balaban J connectivity index is 0. The summed E-state index contributed by atoms with van der Waals surface area (Å²) < 4.78 is 65.2. The lowest BCUT2D eigenvalue weighted by atomic mass is 10.0. The monoisotopic (exact) mass is 561 g/mol. The molecule has 1 amide bonds. The van der Waals surface area contributed by atoms with Crippen molar-refractivity contribution < 1.29 is 84.4 Å². The molecule has 0 saturated heterocycles. The highest BCUT2D eigenvalue weighted by Gasteiger charge is 2.36. The lowest BCUT2D eigenvalue weighted by molar-refractivity contribution is -0.132. The second-order valence-corrected chi connectivity index (χ2v) is 8.62. The first-order chi connectivity index (χ1) is 15.8. The summed E-state index contributed by atoms with van der Waals surface area (Å²) in [7, 11) is -9.85. The number of hydrogen-bond acceptors (Lipinski definition) is 16. The highest BCUT2D eigenvalue weighted by molar-refractivity contribution is 7.81. The van der Waals surface area contributed by atoms with E-state index in [2.05, 4.69) is 8.37 Å². The molecule has 0 aliphatic heterocycles. The van der Waals surface area contributed by atoms with Crippen LogP contribution in [0.2, 0.25) is 0 Å². The van der Waals surface area contributed by atoms with Crippen LogP contribution in [0, 0.1) is 0 Å². The average Bonchev–Trinajstić information content (AvgIpc) is 2.75. The Bertz CT molecular complexity index is 862. The molecule has 10 N–H and O–H groups in total. The predicted octanol–water partition coefficient (Wildman–Crippen LogP) is -6.96. The highest BCUT2D eigenvalue weighted by Crippen LogP contribution is 2.11. The number of carbonyl (C=O) groups excluding carboxylic acids is 3. The largest absolute Gasteiger partial charge is 0.397 e. The van der Waals surface area contributed by atoms with Crippen molar-refractivity contribution in [1.82, 2.24) is 5.32 Å². The van der Waals surface area contributed by atoms with E-state index >= 15 is 0 Å². The van der Waals surface area contributed by atoms with Crippen LogP contribution in [0.3, 0.4) is 0 Å². The molecule has 0 heterocycles. The third-order valence-electron chi connectivity index (χ3n) is 3.64. The van der Waals surface area contributed by atoms with E-state index in [9.17, 15) is 51.6 Å². The van der Waals surface area contributed by atoms with Crippen LogP contribution < -0.4 is 5.32 Å². The molecular weight excluding hydrogens is 534 g/mol. The van der Waals surface area contributed by atoms with Gasteiger partial charge in [-0.25, -0.2) is 8.37 Å². The molecule has 8 atom stereocenters. The van der Waals surface area contributed by atoms with E-state index in [1.165, 1.54) is 0 Å². The van der Waals surface area contributed by atoms with Gasteiger partial charge in [0.05, 0.1) is 13.2 Å². The van der Waals surface area contributed by atoms with Crippen LogP contribution in [-0.2, 0) is 43.5 Å². The SMILES string of the molecule is CC(=O)N[C@H](C=O)[C@@H](O)[C@H](O)[C@H](O)COS(=O)(=O)O.O=C[C@@H](O)[C@@H](OS(=O)(=O)O)[C@H](O)[C@H](O)CO. The molecule has 208 valence electrons. The van der Waals surface area contributed by atoms with Gasteiger partial charge in [0.15, 0.2) is 6.29 Å². The van der Waals surface area contributed by atoms with Gasteiger partial charge < -0.3 is 50.7 Å². The van der Waals surface area contributed by atoms with E-state index in [0.29, 0.717) is 0 Å². The molecule has 19 nitrogen and oxygen atoms in total. The maximum atomic E-state index is 10.7. The normalized spacial score (nSPS) is 18.9. The summed E-state index contributed by atoms with van der Waals surface area (Å²) in [5.41, 5.74) is 0. The maximum absolute atomic E-state index is 10.7. The second kappa shape index (κ2) is 16.1. The third kappa shape index (κ3) is 15.8. The van der Waals surface area contributed by atoms with Gasteiger partial charge in [0.25, 0.3) is 0 Å². The molecule has 0 aromatic carbocycles. The number of nitrogens with one attached hydrogen (secondary N) is 1. The van der Waals surface area contributed by atoms with Crippen molar-refractivity contribution in [2.24, 2.45) is 0 Å². The minimum atomic E-state index is -5.04. The minimum Gasteiger partial charge on any atom is -0.394 e. The summed E-state index contributed by atoms with van der Waals surface area (Å²) in [6.07, 6.45) is -13.9. The van der Waals surface area contributed by atoms with Gasteiger partial charge in [-0.2, -0.15) is 16.8 Å². The zero-order valence-electron chi connectivity index (χ0n) is 17.7. The third-order valence-corrected chi connectivity index (χ3v) is 4.54. The van der Waals surface area contributed by atoms with Crippen molar-refractivity contribution in [2.45, 2.75) is 55.7 Å². The zero-order valence-corrected chi connectivity index (χ0v) is 19.3. The van der Waals surface area contributed by atoms with Crippen LogP contribution in [0.4, 0.5) is 0 Å². The molecular formula is C14H27NO18S2. The first-order valence-corrected chi connectivity index (χ1v) is 11.7. The Hall–Kier alpha value is -1.73. The molecule has 0 aliphatic carbocycles. The summed E-state index contributed by atoms with van der Waals surface area (Å²) in [5, 5.41) is 65.8. The minimum absolute atomic E-state index is 0.131. The molecule has 0 unspecified atom stereocenters. The molecule has 0 aromatic heterocycles. The number of amides is 1. The van der Waals surface area contributed by atoms with Crippen molar-refractivity contribution >= 4 is 39.3 Å². The molecule has 0 spiro atoms. The van der Waals surface area contributed by atoms with Crippen LogP contribution >= 0.6 is 0 Å². The van der Waals surface area contributed by atoms with E-state index in [0.717, 1.165) is 6.92 Å². The standard InChI is InChI=1S/C8H15NO9S.C6H12O9S/c1-4(11)9-5(2-10)7(13)8(14)6(12)3-18-19(15,16)17;7-1-3(9)5(11)6(4(10)2-8)15-16(12,13)14/h2,5-8,12-14H,3H2,1H3,(H,9,11)(H,15,16,17);2-7,9-11H,1H2,(H,12,13,14)/t5-,6-,7-,8-;3-,4-,5-,6-/m11/s1. The number of aliphatic hydroxyl groups excluding tert-OH is 7. The van der Waals surface area contributed by atoms with E-state index in [1.54, 1.807) is 0 Å². The number of aliphatic hydroxyl groups is 7. The second-order valence-electron chi connectivity index (χ2n) is 6.48. The van der Waals surface area contributed by atoms with Crippen LogP contribution in [-0.4, -0.2) is 142 Å². The van der Waals surface area contributed by atoms with E-state index < -0.39 is 88.7 Å². The Morgan fingerprint density at radius 1 is 0.857 bits per heavy atom. The van der Waals surface area contributed by atoms with Crippen molar-refractivity contribution in [3.8, 4) is 0 Å². The summed E-state index contributed by atoms with van der Waals surface area (Å²) in [5.74, 6) is -0.660. The maximum Gasteiger partial charge on any atom is 0.397 e. The van der Waals surface area contributed by atoms with Gasteiger partial charge in [-0.3, -0.25) is 13.9 Å². The predicted molar refractivity (Wildman–Crippen MR) is 107 cm³/mol. The van der Waals surface area contributed by atoms with Gasteiger partial charge in [0.1, 0.15) is 55.1 Å².